The van der Waals surface area contributed by atoms with Crippen LogP contribution in [-0.2, 0) is 9.22 Å². The van der Waals surface area contributed by atoms with E-state index in [9.17, 15) is 4.79 Å². The van der Waals surface area contributed by atoms with Crippen LogP contribution >= 0.6 is 0 Å². The van der Waals surface area contributed by atoms with Gasteiger partial charge in [0.1, 0.15) is 6.29 Å². The van der Waals surface area contributed by atoms with Gasteiger partial charge in [-0.2, -0.15) is 0 Å². The number of hydrogen-bond acceptors (Lipinski definition) is 2. The molecule has 0 aromatic rings. The van der Waals surface area contributed by atoms with E-state index in [1.54, 1.807) is 0 Å². The highest BCUT2D eigenvalue weighted by Crippen LogP contribution is 2.42. The van der Waals surface area contributed by atoms with E-state index in [-0.39, 0.29) is 0 Å². The highest BCUT2D eigenvalue weighted by Gasteiger charge is 2.44. The van der Waals surface area contributed by atoms with Crippen molar-refractivity contribution in [1.82, 2.24) is 0 Å². The lowest BCUT2D eigenvalue weighted by atomic mass is 10.3. The highest BCUT2D eigenvalue weighted by atomic mass is 28.4. The number of carbonyl (C=O) groups excluding carboxylic acids is 1. The zero-order chi connectivity index (χ0) is 18.4. The zero-order valence-electron chi connectivity index (χ0n) is 16.6. The Morgan fingerprint density at radius 1 is 0.750 bits per heavy atom. The summed E-state index contributed by atoms with van der Waals surface area (Å²) in [7, 11) is -1.70. The Hall–Kier alpha value is -0.933. The summed E-state index contributed by atoms with van der Waals surface area (Å²) in [6.45, 7) is 14.9. The third kappa shape index (κ3) is 8.25. The third-order valence-corrected chi connectivity index (χ3v) is 10.7. The van der Waals surface area contributed by atoms with Crippen LogP contribution in [0, 0.1) is 0 Å². The second-order valence-corrected chi connectivity index (χ2v) is 12.8. The van der Waals surface area contributed by atoms with E-state index >= 15 is 0 Å². The van der Waals surface area contributed by atoms with E-state index in [1.165, 1.54) is 0 Å². The zero-order valence-corrected chi connectivity index (χ0v) is 17.6. The maximum absolute atomic E-state index is 10.2. The van der Waals surface area contributed by atoms with Crippen LogP contribution in [-0.4, -0.2) is 21.2 Å². The van der Waals surface area contributed by atoms with Gasteiger partial charge < -0.3 is 9.22 Å². The fourth-order valence-corrected chi connectivity index (χ4v) is 9.09. The summed E-state index contributed by atoms with van der Waals surface area (Å²) < 4.78 is 6.54. The number of hydrogen-bond donors (Lipinski definition) is 0. The molecule has 0 aromatic heterocycles. The lowest BCUT2D eigenvalue weighted by Gasteiger charge is -2.42. The van der Waals surface area contributed by atoms with Crippen LogP contribution < -0.4 is 0 Å². The van der Waals surface area contributed by atoms with Crippen LogP contribution in [0.25, 0.3) is 0 Å². The molecule has 2 nitrogen and oxygen atoms in total. The molecule has 0 amide bonds. The van der Waals surface area contributed by atoms with Crippen molar-refractivity contribution in [3.8, 4) is 0 Å². The molecule has 0 saturated carbocycles. The van der Waals surface area contributed by atoms with Crippen molar-refractivity contribution >= 4 is 14.6 Å². The lowest BCUT2D eigenvalue weighted by Crippen LogP contribution is -2.47. The van der Waals surface area contributed by atoms with Crippen molar-refractivity contribution in [3.63, 3.8) is 0 Å². The minimum atomic E-state index is -1.70. The van der Waals surface area contributed by atoms with E-state index < -0.39 is 8.32 Å². The normalized spacial score (nSPS) is 13.5. The number of carbonyl (C=O) groups is 1. The molecule has 0 radical (unpaired) electrons. The fourth-order valence-electron chi connectivity index (χ4n) is 3.59. The average Bonchev–Trinajstić information content (AvgIpc) is 2.51. The van der Waals surface area contributed by atoms with E-state index in [0.717, 1.165) is 32.2 Å². The topological polar surface area (TPSA) is 26.3 Å². The maximum Gasteiger partial charge on any atom is 0.200 e. The number of unbranched alkanes of at least 4 members (excludes halogenated alkanes) is 2. The van der Waals surface area contributed by atoms with Gasteiger partial charge >= 0.3 is 0 Å². The predicted octanol–water partition coefficient (Wildman–Crippen LogP) is 6.61. The first-order valence-corrected chi connectivity index (χ1v) is 11.6. The van der Waals surface area contributed by atoms with Crippen LogP contribution in [0.15, 0.2) is 36.5 Å². The van der Waals surface area contributed by atoms with Crippen LogP contribution in [0.1, 0.15) is 67.2 Å². The van der Waals surface area contributed by atoms with Gasteiger partial charge in [-0.1, -0.05) is 78.0 Å². The van der Waals surface area contributed by atoms with Crippen molar-refractivity contribution in [2.45, 2.75) is 83.8 Å². The molecule has 0 unspecified atom stereocenters. The summed E-state index contributed by atoms with van der Waals surface area (Å²) in [5.74, 6) is 0. The minimum absolute atomic E-state index is 0.605. The molecular weight excluding hydrogens is 312 g/mol. The molecule has 0 rings (SSSR count). The van der Waals surface area contributed by atoms with Gasteiger partial charge in [0.15, 0.2) is 8.32 Å². The number of rotatable bonds is 13. The van der Waals surface area contributed by atoms with E-state index in [0.29, 0.717) is 23.0 Å². The highest BCUT2D eigenvalue weighted by molar-refractivity contribution is 6.77. The summed E-state index contributed by atoms with van der Waals surface area (Å²) in [5.41, 5.74) is 1.96. The second-order valence-electron chi connectivity index (χ2n) is 7.29. The van der Waals surface area contributed by atoms with E-state index in [4.69, 9.17) is 4.43 Å². The predicted molar refractivity (Wildman–Crippen MR) is 109 cm³/mol. The molecule has 0 saturated heterocycles. The summed E-state index contributed by atoms with van der Waals surface area (Å²) in [5, 5.41) is 0. The molecule has 138 valence electrons. The van der Waals surface area contributed by atoms with E-state index in [2.05, 4.69) is 53.7 Å². The third-order valence-electron chi connectivity index (χ3n) is 4.63. The van der Waals surface area contributed by atoms with Gasteiger partial charge in [0.05, 0.1) is 0 Å². The average molecular weight is 351 g/mol. The largest absolute Gasteiger partial charge is 0.416 e. The Morgan fingerprint density at radius 2 is 1.25 bits per heavy atom. The Kier molecular flexibility index (Phi) is 12.8. The van der Waals surface area contributed by atoms with Gasteiger partial charge in [0.25, 0.3) is 0 Å². The van der Waals surface area contributed by atoms with Gasteiger partial charge in [0.2, 0.25) is 0 Å². The van der Waals surface area contributed by atoms with Crippen LogP contribution in [0.3, 0.4) is 0 Å². The second kappa shape index (κ2) is 13.4. The van der Waals surface area contributed by atoms with Gasteiger partial charge in [0, 0.05) is 13.0 Å². The molecule has 3 heteroatoms. The van der Waals surface area contributed by atoms with Crippen LogP contribution in [0.4, 0.5) is 0 Å². The molecule has 0 atom stereocenters. The summed E-state index contributed by atoms with van der Waals surface area (Å²) in [6.07, 6.45) is 16.8. The molecule has 0 aliphatic rings. The van der Waals surface area contributed by atoms with Crippen molar-refractivity contribution in [3.05, 3.63) is 36.5 Å². The van der Waals surface area contributed by atoms with Crippen LogP contribution in [0.5, 0.6) is 0 Å². The van der Waals surface area contributed by atoms with Gasteiger partial charge in [-0.3, -0.25) is 0 Å². The Labute approximate surface area is 151 Å². The fraction of sp³-hybridized carbons (Fsp3) is 0.667. The Morgan fingerprint density at radius 3 is 1.71 bits per heavy atom. The van der Waals surface area contributed by atoms with Gasteiger partial charge in [-0.15, -0.1) is 0 Å². The molecule has 24 heavy (non-hydrogen) atoms. The first-order valence-electron chi connectivity index (χ1n) is 9.45. The first-order chi connectivity index (χ1) is 11.4. The van der Waals surface area contributed by atoms with Crippen molar-refractivity contribution in [1.29, 1.82) is 0 Å². The molecule has 0 heterocycles. The van der Waals surface area contributed by atoms with Gasteiger partial charge in [-0.25, -0.2) is 0 Å². The Balaban J connectivity index is 4.14. The molecule has 0 aliphatic heterocycles. The summed E-state index contributed by atoms with van der Waals surface area (Å²) >= 11 is 0. The molecule has 0 N–H and O–H groups in total. The quantitative estimate of drug-likeness (QED) is 0.162. The van der Waals surface area contributed by atoms with Gasteiger partial charge in [-0.05, 0) is 35.9 Å². The van der Waals surface area contributed by atoms with Crippen LogP contribution in [0.2, 0.25) is 16.6 Å². The standard InChI is InChI=1S/C21H38O2Si/c1-19(2)24(20(3)4,21(5)6)23-18-16-14-12-10-8-7-9-11-13-15-17-22/h7-12,17,19-21H,13-16,18H2,1-6H3/b8-7+,11-9+,12-10+. The molecule has 0 spiro atoms. The number of allylic oxidation sites excluding steroid dienone is 6. The van der Waals surface area contributed by atoms with Crippen molar-refractivity contribution < 1.29 is 9.22 Å². The molecule has 0 bridgehead atoms. The molecule has 0 aromatic carbocycles. The smallest absolute Gasteiger partial charge is 0.200 e. The summed E-state index contributed by atoms with van der Waals surface area (Å²) in [6, 6.07) is 0. The molecule has 0 aliphatic carbocycles. The maximum atomic E-state index is 10.2. The Bertz CT molecular complexity index is 384. The summed E-state index contributed by atoms with van der Waals surface area (Å²) in [4.78, 5) is 10.2. The van der Waals surface area contributed by atoms with Crippen molar-refractivity contribution in [2.24, 2.45) is 0 Å². The van der Waals surface area contributed by atoms with Crippen molar-refractivity contribution in [2.75, 3.05) is 6.61 Å². The monoisotopic (exact) mass is 350 g/mol. The first kappa shape index (κ1) is 23.1. The number of aldehydes is 1. The van der Waals surface area contributed by atoms with E-state index in [1.807, 2.05) is 24.3 Å². The minimum Gasteiger partial charge on any atom is -0.416 e. The molecule has 0 fully saturated rings. The molecular formula is C21H38O2Si. The lowest BCUT2D eigenvalue weighted by molar-refractivity contribution is -0.107. The SMILES string of the molecule is CC(C)[Si](OCCC/C=C/C=C/C=C/CCC=O)(C(C)C)C(C)C.